The number of aromatic nitrogens is 2. The van der Waals surface area contributed by atoms with E-state index >= 15 is 0 Å². The van der Waals surface area contributed by atoms with Crippen molar-refractivity contribution in [1.82, 2.24) is 9.97 Å². The van der Waals surface area contributed by atoms with Gasteiger partial charge in [-0.2, -0.15) is 4.98 Å². The highest BCUT2D eigenvalue weighted by molar-refractivity contribution is 5.67. The lowest BCUT2D eigenvalue weighted by Crippen LogP contribution is -2.36. The van der Waals surface area contributed by atoms with Gasteiger partial charge in [-0.1, -0.05) is 42.5 Å². The number of nitrogens with one attached hydrogen (secondary N) is 1. The van der Waals surface area contributed by atoms with Gasteiger partial charge in [-0.3, -0.25) is 0 Å². The van der Waals surface area contributed by atoms with E-state index in [9.17, 15) is 0 Å². The Morgan fingerprint density at radius 3 is 2.48 bits per heavy atom. The second-order valence-electron chi connectivity index (χ2n) is 6.84. The second-order valence-corrected chi connectivity index (χ2v) is 6.84. The van der Waals surface area contributed by atoms with E-state index in [1.807, 2.05) is 18.2 Å². The topological polar surface area (TPSA) is 50.3 Å². The van der Waals surface area contributed by atoms with E-state index in [-0.39, 0.29) is 0 Å². The van der Waals surface area contributed by atoms with Gasteiger partial charge in [0.25, 0.3) is 0 Å². The average molecular weight is 360 g/mol. The van der Waals surface area contributed by atoms with E-state index in [1.54, 1.807) is 0 Å². The number of hydrogen-bond acceptors (Lipinski definition) is 5. The van der Waals surface area contributed by atoms with Crippen molar-refractivity contribution in [2.24, 2.45) is 0 Å². The fourth-order valence-corrected chi connectivity index (χ4v) is 3.19. The molecule has 1 aromatic heterocycles. The fraction of sp³-hybridized carbons (Fsp3) is 0.273. The molecule has 2 heterocycles. The smallest absolute Gasteiger partial charge is 0.229 e. The number of hydrogen-bond donors (Lipinski definition) is 1. The first kappa shape index (κ1) is 17.5. The lowest BCUT2D eigenvalue weighted by atomic mass is 10.1. The van der Waals surface area contributed by atoms with Crippen LogP contribution in [0.4, 0.5) is 17.5 Å². The van der Waals surface area contributed by atoms with Crippen LogP contribution in [0.2, 0.25) is 0 Å². The van der Waals surface area contributed by atoms with Gasteiger partial charge in [0, 0.05) is 30.4 Å². The molecule has 4 rings (SSSR count). The Morgan fingerprint density at radius 1 is 0.926 bits per heavy atom. The number of anilines is 3. The summed E-state index contributed by atoms with van der Waals surface area (Å²) in [6.45, 7) is 7.31. The van der Waals surface area contributed by atoms with Crippen molar-refractivity contribution in [3.05, 3.63) is 65.7 Å². The molecule has 0 atom stereocenters. The minimum Gasteiger partial charge on any atom is -0.378 e. The zero-order valence-corrected chi connectivity index (χ0v) is 15.8. The monoisotopic (exact) mass is 360 g/mol. The molecular formula is C22H24N4O. The normalized spacial score (nSPS) is 14.2. The molecule has 1 saturated heterocycles. The predicted molar refractivity (Wildman–Crippen MR) is 110 cm³/mol. The van der Waals surface area contributed by atoms with Crippen LogP contribution in [0.25, 0.3) is 11.3 Å². The van der Waals surface area contributed by atoms with Crippen molar-refractivity contribution < 1.29 is 4.74 Å². The van der Waals surface area contributed by atoms with Crippen LogP contribution in [0.15, 0.2) is 54.6 Å². The maximum Gasteiger partial charge on any atom is 0.229 e. The first-order valence-corrected chi connectivity index (χ1v) is 9.30. The molecule has 27 heavy (non-hydrogen) atoms. The number of morpholine rings is 1. The molecule has 1 N–H and O–H groups in total. The average Bonchev–Trinajstić information content (AvgIpc) is 2.72. The fourth-order valence-electron chi connectivity index (χ4n) is 3.19. The van der Waals surface area contributed by atoms with Crippen molar-refractivity contribution in [2.45, 2.75) is 13.8 Å². The lowest BCUT2D eigenvalue weighted by molar-refractivity contribution is 0.122. The van der Waals surface area contributed by atoms with Crippen molar-refractivity contribution in [3.8, 4) is 11.3 Å². The lowest BCUT2D eigenvalue weighted by Gasteiger charge is -2.28. The van der Waals surface area contributed by atoms with Crippen LogP contribution in [0, 0.1) is 13.8 Å². The van der Waals surface area contributed by atoms with E-state index in [0.29, 0.717) is 5.95 Å². The Labute approximate surface area is 160 Å². The van der Waals surface area contributed by atoms with Crippen LogP contribution < -0.4 is 10.2 Å². The number of rotatable bonds is 4. The zero-order valence-electron chi connectivity index (χ0n) is 15.8. The summed E-state index contributed by atoms with van der Waals surface area (Å²) in [5.74, 6) is 1.55. The van der Waals surface area contributed by atoms with Gasteiger partial charge in [0.05, 0.1) is 18.9 Å². The summed E-state index contributed by atoms with van der Waals surface area (Å²) in [6.07, 6.45) is 0. The number of nitrogens with zero attached hydrogens (tertiary/aromatic N) is 3. The molecular weight excluding hydrogens is 336 g/mol. The third kappa shape index (κ3) is 4.09. The molecule has 0 unspecified atom stereocenters. The van der Waals surface area contributed by atoms with Crippen molar-refractivity contribution in [2.75, 3.05) is 36.5 Å². The minimum atomic E-state index is 0.617. The van der Waals surface area contributed by atoms with E-state index in [1.165, 1.54) is 11.1 Å². The Balaban J connectivity index is 1.74. The number of aryl methyl sites for hydroxylation is 2. The minimum absolute atomic E-state index is 0.617. The van der Waals surface area contributed by atoms with Gasteiger partial charge in [0.1, 0.15) is 5.82 Å². The summed E-state index contributed by atoms with van der Waals surface area (Å²) in [7, 11) is 0. The van der Waals surface area contributed by atoms with E-state index in [2.05, 4.69) is 60.5 Å². The third-order valence-electron chi connectivity index (χ3n) is 4.76. The van der Waals surface area contributed by atoms with E-state index in [4.69, 9.17) is 14.7 Å². The first-order chi connectivity index (χ1) is 13.2. The van der Waals surface area contributed by atoms with E-state index < -0.39 is 0 Å². The highest BCUT2D eigenvalue weighted by Crippen LogP contribution is 2.26. The van der Waals surface area contributed by atoms with Gasteiger partial charge < -0.3 is 15.0 Å². The molecule has 0 radical (unpaired) electrons. The summed E-state index contributed by atoms with van der Waals surface area (Å²) in [4.78, 5) is 11.8. The summed E-state index contributed by atoms with van der Waals surface area (Å²) in [6, 6.07) is 18.6. The van der Waals surface area contributed by atoms with Crippen LogP contribution in [-0.2, 0) is 4.74 Å². The Morgan fingerprint density at radius 2 is 1.70 bits per heavy atom. The first-order valence-electron chi connectivity index (χ1n) is 9.30. The standard InChI is InChI=1S/C22H24N4O/c1-16-8-9-17(2)19(14-16)23-22-24-20(18-6-4-3-5-7-18)15-21(25-22)26-10-12-27-13-11-26/h3-9,14-15H,10-13H2,1-2H3,(H,23,24,25). The summed E-state index contributed by atoms with van der Waals surface area (Å²) in [5, 5.41) is 3.42. The largest absolute Gasteiger partial charge is 0.378 e. The highest BCUT2D eigenvalue weighted by Gasteiger charge is 2.16. The third-order valence-corrected chi connectivity index (χ3v) is 4.76. The summed E-state index contributed by atoms with van der Waals surface area (Å²) >= 11 is 0. The Kier molecular flexibility index (Phi) is 5.03. The van der Waals surface area contributed by atoms with Crippen molar-refractivity contribution in [3.63, 3.8) is 0 Å². The quantitative estimate of drug-likeness (QED) is 0.750. The Bertz CT molecular complexity index is 921. The van der Waals surface area contributed by atoms with Gasteiger partial charge in [-0.15, -0.1) is 0 Å². The summed E-state index contributed by atoms with van der Waals surface area (Å²) in [5.41, 5.74) is 5.41. The van der Waals surface area contributed by atoms with Gasteiger partial charge in [-0.05, 0) is 31.0 Å². The molecule has 0 spiro atoms. The van der Waals surface area contributed by atoms with Crippen LogP contribution in [0.3, 0.4) is 0 Å². The molecule has 138 valence electrons. The second kappa shape index (κ2) is 7.76. The number of ether oxygens (including phenoxy) is 1. The molecule has 0 amide bonds. The van der Waals surface area contributed by atoms with Crippen molar-refractivity contribution in [1.29, 1.82) is 0 Å². The van der Waals surface area contributed by atoms with Crippen LogP contribution in [0.1, 0.15) is 11.1 Å². The van der Waals surface area contributed by atoms with Crippen LogP contribution in [-0.4, -0.2) is 36.3 Å². The molecule has 2 aromatic carbocycles. The molecule has 0 saturated carbocycles. The molecule has 1 aliphatic heterocycles. The maximum absolute atomic E-state index is 5.49. The van der Waals surface area contributed by atoms with Gasteiger partial charge >= 0.3 is 0 Å². The van der Waals surface area contributed by atoms with E-state index in [0.717, 1.165) is 49.1 Å². The van der Waals surface area contributed by atoms with Gasteiger partial charge in [0.15, 0.2) is 0 Å². The molecule has 5 heteroatoms. The molecule has 3 aromatic rings. The van der Waals surface area contributed by atoms with Crippen LogP contribution in [0.5, 0.6) is 0 Å². The van der Waals surface area contributed by atoms with Crippen molar-refractivity contribution >= 4 is 17.5 Å². The number of benzene rings is 2. The molecule has 5 nitrogen and oxygen atoms in total. The molecule has 0 aliphatic carbocycles. The van der Waals surface area contributed by atoms with Crippen LogP contribution >= 0.6 is 0 Å². The molecule has 1 fully saturated rings. The summed E-state index contributed by atoms with van der Waals surface area (Å²) < 4.78 is 5.49. The predicted octanol–water partition coefficient (Wildman–Crippen LogP) is 4.34. The Hall–Kier alpha value is -2.92. The maximum atomic E-state index is 5.49. The molecule has 0 bridgehead atoms. The molecule has 1 aliphatic rings. The van der Waals surface area contributed by atoms with Gasteiger partial charge in [-0.25, -0.2) is 4.98 Å². The highest BCUT2D eigenvalue weighted by atomic mass is 16.5. The SMILES string of the molecule is Cc1ccc(C)c(Nc2nc(-c3ccccc3)cc(N3CCOCC3)n2)c1. The zero-order chi connectivity index (χ0) is 18.6. The van der Waals surface area contributed by atoms with Gasteiger partial charge in [0.2, 0.25) is 5.95 Å².